The van der Waals surface area contributed by atoms with Crippen LogP contribution in [0.25, 0.3) is 0 Å². The molecular weight excluding hydrogens is 654 g/mol. The minimum Gasteiger partial charge on any atom is -0.494 e. The average Bonchev–Trinajstić information content (AvgIpc) is 3.62. The number of carbonyl (C=O) groups is 3. The van der Waals surface area contributed by atoms with Gasteiger partial charge >= 0.3 is 0 Å². The van der Waals surface area contributed by atoms with Crippen molar-refractivity contribution < 1.29 is 24.2 Å². The minimum absolute atomic E-state index is 0.0837. The van der Waals surface area contributed by atoms with E-state index in [9.17, 15) is 19.5 Å². The number of aliphatic hydroxyl groups is 1. The summed E-state index contributed by atoms with van der Waals surface area (Å²) in [5, 5.41) is 10.1. The van der Waals surface area contributed by atoms with E-state index in [2.05, 4.69) is 29.1 Å². The number of anilines is 2. The van der Waals surface area contributed by atoms with E-state index in [1.807, 2.05) is 63.2 Å². The van der Waals surface area contributed by atoms with Crippen molar-refractivity contribution in [3.8, 4) is 5.75 Å². The number of hydrogen-bond donors (Lipinski definition) is 1. The van der Waals surface area contributed by atoms with Gasteiger partial charge in [-0.05, 0) is 75.6 Å². The topological polar surface area (TPSA) is 90.4 Å². The van der Waals surface area contributed by atoms with Crippen LogP contribution < -0.4 is 14.5 Å². The van der Waals surface area contributed by atoms with Gasteiger partial charge in [-0.2, -0.15) is 0 Å². The molecule has 0 aliphatic carbocycles. The van der Waals surface area contributed by atoms with Crippen LogP contribution in [0.2, 0.25) is 0 Å². The third-order valence-electron chi connectivity index (χ3n) is 9.26. The lowest BCUT2D eigenvalue weighted by atomic mass is 9.70. The SMILES string of the molecule is C=CCN(C(=O)[C@H]1[C@H]2C(=O)N([C@H](C)CO)C(C(=O)N(CC=C)c3cc(C)ccc3C)C23CC(Br)[C@@H]1S3)c1ccc(OCC)cc1. The van der Waals surface area contributed by atoms with Crippen LogP contribution in [-0.2, 0) is 14.4 Å². The number of alkyl halides is 1. The van der Waals surface area contributed by atoms with Gasteiger partial charge in [-0.3, -0.25) is 14.4 Å². The lowest BCUT2D eigenvalue weighted by Gasteiger charge is -2.39. The second-order valence-corrected chi connectivity index (χ2v) is 14.8. The van der Waals surface area contributed by atoms with Crippen LogP contribution in [0.5, 0.6) is 5.75 Å². The average molecular weight is 697 g/mol. The summed E-state index contributed by atoms with van der Waals surface area (Å²) in [7, 11) is 0. The number of likely N-dealkylation sites (tertiary alicyclic amines) is 1. The zero-order valence-corrected chi connectivity index (χ0v) is 28.7. The molecule has 240 valence electrons. The second kappa shape index (κ2) is 13.3. The molecule has 1 spiro atoms. The summed E-state index contributed by atoms with van der Waals surface area (Å²) in [4.78, 5) is 48.9. The fourth-order valence-electron chi connectivity index (χ4n) is 7.31. The van der Waals surface area contributed by atoms with Gasteiger partial charge in [-0.25, -0.2) is 0 Å². The Morgan fingerprint density at radius 1 is 1.13 bits per heavy atom. The van der Waals surface area contributed by atoms with Gasteiger partial charge in [0.2, 0.25) is 11.8 Å². The molecule has 2 aromatic carbocycles. The number of halogens is 1. The standard InChI is InChI=1S/C35H42BrN3O5S/c1-7-16-37(24-12-14-25(15-13-24)44-9-3)32(41)28-29-33(42)39(23(6)20-40)31(35(29)19-26(36)30(28)45-35)34(43)38(17-8-2)27-18-21(4)10-11-22(27)5/h7-8,10-15,18,23,26,28-31,40H,1-2,9,16-17,19-20H2,3-6H3/t23-,26?,28+,29+,30+,31?,35?/m1/s1. The van der Waals surface area contributed by atoms with Crippen LogP contribution in [-0.4, -0.2) is 80.9 Å². The molecule has 5 rings (SSSR count). The summed E-state index contributed by atoms with van der Waals surface area (Å²) in [6.45, 7) is 16.2. The molecule has 3 heterocycles. The van der Waals surface area contributed by atoms with Crippen molar-refractivity contribution in [1.82, 2.24) is 4.90 Å². The van der Waals surface area contributed by atoms with E-state index < -0.39 is 28.7 Å². The van der Waals surface area contributed by atoms with E-state index in [0.717, 1.165) is 16.8 Å². The molecule has 3 amide bonds. The lowest BCUT2D eigenvalue weighted by Crippen LogP contribution is -2.57. The number of ether oxygens (including phenoxy) is 1. The van der Waals surface area contributed by atoms with Crippen molar-refractivity contribution in [2.24, 2.45) is 11.8 Å². The van der Waals surface area contributed by atoms with Gasteiger partial charge < -0.3 is 24.5 Å². The predicted molar refractivity (Wildman–Crippen MR) is 184 cm³/mol. The van der Waals surface area contributed by atoms with Crippen LogP contribution >= 0.6 is 27.7 Å². The number of rotatable bonds is 12. The summed E-state index contributed by atoms with van der Waals surface area (Å²) < 4.78 is 4.75. The highest BCUT2D eigenvalue weighted by molar-refractivity contribution is 9.09. The van der Waals surface area contributed by atoms with Gasteiger partial charge in [0.25, 0.3) is 5.91 Å². The zero-order valence-electron chi connectivity index (χ0n) is 26.3. The van der Waals surface area contributed by atoms with Crippen molar-refractivity contribution in [3.63, 3.8) is 0 Å². The first-order chi connectivity index (χ1) is 21.5. The third kappa shape index (κ3) is 5.63. The first kappa shape index (κ1) is 33.3. The molecule has 45 heavy (non-hydrogen) atoms. The Bertz CT molecular complexity index is 1480. The Balaban J connectivity index is 1.59. The van der Waals surface area contributed by atoms with Crippen molar-refractivity contribution in [2.45, 2.75) is 61.0 Å². The largest absolute Gasteiger partial charge is 0.494 e. The van der Waals surface area contributed by atoms with Crippen molar-refractivity contribution in [1.29, 1.82) is 0 Å². The molecular formula is C35H42BrN3O5S. The van der Waals surface area contributed by atoms with Crippen molar-refractivity contribution >= 4 is 56.8 Å². The molecule has 0 aromatic heterocycles. The molecule has 2 bridgehead atoms. The van der Waals surface area contributed by atoms with Gasteiger partial charge in [0, 0.05) is 34.5 Å². The lowest BCUT2D eigenvalue weighted by molar-refractivity contribution is -0.141. The molecule has 3 aliphatic rings. The van der Waals surface area contributed by atoms with Crippen molar-refractivity contribution in [3.05, 3.63) is 78.9 Å². The summed E-state index contributed by atoms with van der Waals surface area (Å²) in [6, 6.07) is 11.8. The first-order valence-corrected chi connectivity index (χ1v) is 17.2. The number of aryl methyl sites for hydroxylation is 2. The minimum atomic E-state index is -0.872. The second-order valence-electron chi connectivity index (χ2n) is 12.1. The van der Waals surface area contributed by atoms with E-state index in [-0.39, 0.29) is 47.5 Å². The summed E-state index contributed by atoms with van der Waals surface area (Å²) in [6.07, 6.45) is 3.91. The number of hydrogen-bond acceptors (Lipinski definition) is 6. The monoisotopic (exact) mass is 695 g/mol. The predicted octanol–water partition coefficient (Wildman–Crippen LogP) is 5.29. The summed E-state index contributed by atoms with van der Waals surface area (Å²) in [5.41, 5.74) is 3.38. The van der Waals surface area contributed by atoms with Crippen LogP contribution in [0.1, 0.15) is 31.4 Å². The Kier molecular flexibility index (Phi) is 9.87. The smallest absolute Gasteiger partial charge is 0.251 e. The van der Waals surface area contributed by atoms with Gasteiger partial charge in [-0.15, -0.1) is 24.9 Å². The number of aliphatic hydroxyl groups excluding tert-OH is 1. The molecule has 10 heteroatoms. The Labute approximate surface area is 278 Å². The van der Waals surface area contributed by atoms with E-state index in [1.54, 1.807) is 45.5 Å². The summed E-state index contributed by atoms with van der Waals surface area (Å²) in [5.74, 6) is -1.36. The molecule has 0 radical (unpaired) electrons. The van der Waals surface area contributed by atoms with E-state index in [4.69, 9.17) is 4.74 Å². The van der Waals surface area contributed by atoms with Gasteiger partial charge in [-0.1, -0.05) is 40.2 Å². The van der Waals surface area contributed by atoms with E-state index in [1.165, 1.54) is 0 Å². The molecule has 3 unspecified atom stereocenters. The molecule has 1 N–H and O–H groups in total. The van der Waals surface area contributed by atoms with Gasteiger partial charge in [0.1, 0.15) is 11.8 Å². The fourth-order valence-corrected chi connectivity index (χ4v) is 10.9. The number of thioether (sulfide) groups is 1. The molecule has 8 nitrogen and oxygen atoms in total. The first-order valence-electron chi connectivity index (χ1n) is 15.4. The molecule has 3 aliphatic heterocycles. The third-order valence-corrected chi connectivity index (χ3v) is 12.5. The number of carbonyl (C=O) groups excluding carboxylic acids is 3. The molecule has 3 saturated heterocycles. The van der Waals surface area contributed by atoms with Gasteiger partial charge in [0.15, 0.2) is 0 Å². The zero-order chi connectivity index (χ0) is 32.6. The highest BCUT2D eigenvalue weighted by Crippen LogP contribution is 2.68. The van der Waals surface area contributed by atoms with E-state index >= 15 is 0 Å². The van der Waals surface area contributed by atoms with Crippen LogP contribution in [0, 0.1) is 25.7 Å². The maximum absolute atomic E-state index is 14.9. The van der Waals surface area contributed by atoms with Crippen LogP contribution in [0.4, 0.5) is 11.4 Å². The molecule has 2 aromatic rings. The number of nitrogens with zero attached hydrogens (tertiary/aromatic N) is 3. The number of fused-ring (bicyclic) bond motifs is 1. The molecule has 3 fully saturated rings. The maximum Gasteiger partial charge on any atom is 0.251 e. The van der Waals surface area contributed by atoms with Crippen molar-refractivity contribution in [2.75, 3.05) is 36.1 Å². The maximum atomic E-state index is 14.9. The molecule has 0 saturated carbocycles. The highest BCUT2D eigenvalue weighted by Gasteiger charge is 2.76. The van der Waals surface area contributed by atoms with Crippen LogP contribution in [0.15, 0.2) is 67.8 Å². The Hall–Kier alpha value is -3.08. The Morgan fingerprint density at radius 3 is 2.42 bits per heavy atom. The fraction of sp³-hybridized carbons (Fsp3) is 0.457. The molecule has 7 atom stereocenters. The number of benzene rings is 2. The van der Waals surface area contributed by atoms with Gasteiger partial charge in [0.05, 0.1) is 35.8 Å². The van der Waals surface area contributed by atoms with E-state index in [0.29, 0.717) is 24.5 Å². The summed E-state index contributed by atoms with van der Waals surface area (Å²) >= 11 is 5.45. The number of amides is 3. The Morgan fingerprint density at radius 2 is 1.80 bits per heavy atom. The highest BCUT2D eigenvalue weighted by atomic mass is 79.9. The quantitative estimate of drug-likeness (QED) is 0.240. The van der Waals surface area contributed by atoms with Crippen LogP contribution in [0.3, 0.4) is 0 Å². The normalized spacial score (nSPS) is 27.2.